The van der Waals surface area contributed by atoms with E-state index in [1.54, 1.807) is 0 Å². The number of rotatable bonds is 2. The number of allylic oxidation sites excluding steroid dienone is 2. The topological polar surface area (TPSA) is 60.2 Å². The second-order valence-corrected chi connectivity index (χ2v) is 1.37. The smallest absolute Gasteiger partial charge is 0.165 e. The SMILES string of the molecule is CC(=O)/C=C(\N)C=O. The fourth-order valence-electron chi connectivity index (χ4n) is 0.269. The Morgan fingerprint density at radius 2 is 2.12 bits per heavy atom. The molecule has 0 aliphatic carbocycles. The van der Waals surface area contributed by atoms with Crippen molar-refractivity contribution in [2.45, 2.75) is 6.92 Å². The van der Waals surface area contributed by atoms with Crippen molar-refractivity contribution in [2.24, 2.45) is 5.73 Å². The van der Waals surface area contributed by atoms with Gasteiger partial charge in [-0.2, -0.15) is 0 Å². The molecule has 0 aliphatic rings. The summed E-state index contributed by atoms with van der Waals surface area (Å²) in [4.78, 5) is 19.8. The van der Waals surface area contributed by atoms with Crippen LogP contribution in [0.2, 0.25) is 0 Å². The van der Waals surface area contributed by atoms with E-state index in [9.17, 15) is 9.59 Å². The van der Waals surface area contributed by atoms with Gasteiger partial charge in [0.05, 0.1) is 5.70 Å². The summed E-state index contributed by atoms with van der Waals surface area (Å²) in [6, 6.07) is 0. The number of hydrogen-bond acceptors (Lipinski definition) is 3. The van der Waals surface area contributed by atoms with Crippen molar-refractivity contribution in [3.63, 3.8) is 0 Å². The average molecular weight is 113 g/mol. The highest BCUT2D eigenvalue weighted by molar-refractivity contribution is 5.92. The molecule has 0 spiro atoms. The Bertz CT molecular complexity index is 137. The third-order valence-electron chi connectivity index (χ3n) is 0.506. The average Bonchev–Trinajstić information content (AvgIpc) is 1.65. The van der Waals surface area contributed by atoms with Gasteiger partial charge in [-0.05, 0) is 6.92 Å². The molecular formula is C5H7NO2. The number of aldehydes is 1. The van der Waals surface area contributed by atoms with Gasteiger partial charge in [0.1, 0.15) is 0 Å². The molecular weight excluding hydrogens is 106 g/mol. The summed E-state index contributed by atoms with van der Waals surface area (Å²) in [5, 5.41) is 0. The fraction of sp³-hybridized carbons (Fsp3) is 0.200. The van der Waals surface area contributed by atoms with Crippen LogP contribution in [-0.4, -0.2) is 12.1 Å². The lowest BCUT2D eigenvalue weighted by atomic mass is 10.3. The first kappa shape index (κ1) is 6.88. The molecule has 0 aromatic rings. The Hall–Kier alpha value is -1.12. The molecule has 0 saturated carbocycles. The molecule has 3 nitrogen and oxygen atoms in total. The summed E-state index contributed by atoms with van der Waals surface area (Å²) in [7, 11) is 0. The van der Waals surface area contributed by atoms with E-state index in [4.69, 9.17) is 5.73 Å². The van der Waals surface area contributed by atoms with Crippen molar-refractivity contribution < 1.29 is 9.59 Å². The van der Waals surface area contributed by atoms with Crippen LogP contribution >= 0.6 is 0 Å². The van der Waals surface area contributed by atoms with Crippen LogP contribution in [0.4, 0.5) is 0 Å². The summed E-state index contributed by atoms with van der Waals surface area (Å²) in [5.41, 5.74) is 4.92. The van der Waals surface area contributed by atoms with Crippen LogP contribution in [0.5, 0.6) is 0 Å². The molecule has 0 aromatic heterocycles. The summed E-state index contributed by atoms with van der Waals surface area (Å²) in [6.45, 7) is 1.33. The number of hydrogen-bond donors (Lipinski definition) is 1. The zero-order valence-corrected chi connectivity index (χ0v) is 4.55. The Balaban J connectivity index is 3.94. The first-order valence-corrected chi connectivity index (χ1v) is 2.09. The lowest BCUT2D eigenvalue weighted by molar-refractivity contribution is -0.113. The van der Waals surface area contributed by atoms with Gasteiger partial charge in [-0.1, -0.05) is 0 Å². The normalized spacial score (nSPS) is 10.9. The van der Waals surface area contributed by atoms with E-state index in [0.717, 1.165) is 6.08 Å². The van der Waals surface area contributed by atoms with Crippen molar-refractivity contribution in [3.05, 3.63) is 11.8 Å². The van der Waals surface area contributed by atoms with E-state index in [1.165, 1.54) is 6.92 Å². The van der Waals surface area contributed by atoms with E-state index in [1.807, 2.05) is 0 Å². The van der Waals surface area contributed by atoms with Crippen molar-refractivity contribution in [1.29, 1.82) is 0 Å². The van der Waals surface area contributed by atoms with Gasteiger partial charge in [0.15, 0.2) is 12.1 Å². The summed E-state index contributed by atoms with van der Waals surface area (Å²) in [5.74, 6) is -0.213. The lowest BCUT2D eigenvalue weighted by Crippen LogP contribution is -2.00. The second kappa shape index (κ2) is 2.96. The Labute approximate surface area is 47.2 Å². The summed E-state index contributed by atoms with van der Waals surface area (Å²) >= 11 is 0. The predicted octanol–water partition coefficient (Wildman–Crippen LogP) is -0.383. The molecule has 8 heavy (non-hydrogen) atoms. The first-order chi connectivity index (χ1) is 3.66. The number of carbonyl (C=O) groups is 2. The molecule has 44 valence electrons. The summed E-state index contributed by atoms with van der Waals surface area (Å²) < 4.78 is 0. The lowest BCUT2D eigenvalue weighted by Gasteiger charge is -1.81. The highest BCUT2D eigenvalue weighted by Crippen LogP contribution is 1.76. The van der Waals surface area contributed by atoms with Crippen LogP contribution in [0.25, 0.3) is 0 Å². The van der Waals surface area contributed by atoms with Crippen LogP contribution in [0.15, 0.2) is 11.8 Å². The third kappa shape index (κ3) is 3.08. The Morgan fingerprint density at radius 1 is 1.62 bits per heavy atom. The van der Waals surface area contributed by atoms with Gasteiger partial charge in [-0.25, -0.2) is 0 Å². The van der Waals surface area contributed by atoms with Gasteiger partial charge in [0.25, 0.3) is 0 Å². The minimum atomic E-state index is -0.213. The molecule has 0 rings (SSSR count). The maximum Gasteiger partial charge on any atom is 0.165 e. The van der Waals surface area contributed by atoms with E-state index in [-0.39, 0.29) is 11.5 Å². The molecule has 0 amide bonds. The molecule has 0 bridgehead atoms. The largest absolute Gasteiger partial charge is 0.396 e. The van der Waals surface area contributed by atoms with Crippen molar-refractivity contribution in [1.82, 2.24) is 0 Å². The maximum absolute atomic E-state index is 10.1. The van der Waals surface area contributed by atoms with Gasteiger partial charge >= 0.3 is 0 Å². The number of carbonyl (C=O) groups excluding carboxylic acids is 2. The van der Waals surface area contributed by atoms with Crippen LogP contribution in [0, 0.1) is 0 Å². The van der Waals surface area contributed by atoms with E-state index in [2.05, 4.69) is 0 Å². The first-order valence-electron chi connectivity index (χ1n) is 2.09. The van der Waals surface area contributed by atoms with Crippen molar-refractivity contribution in [2.75, 3.05) is 0 Å². The molecule has 2 N–H and O–H groups in total. The van der Waals surface area contributed by atoms with Crippen LogP contribution < -0.4 is 5.73 Å². The van der Waals surface area contributed by atoms with Gasteiger partial charge in [0.2, 0.25) is 0 Å². The minimum Gasteiger partial charge on any atom is -0.396 e. The highest BCUT2D eigenvalue weighted by atomic mass is 16.1. The molecule has 3 heteroatoms. The molecule has 0 heterocycles. The third-order valence-corrected chi connectivity index (χ3v) is 0.506. The predicted molar refractivity (Wildman–Crippen MR) is 29.0 cm³/mol. The van der Waals surface area contributed by atoms with E-state index in [0.29, 0.717) is 6.29 Å². The van der Waals surface area contributed by atoms with E-state index < -0.39 is 0 Å². The molecule has 0 aromatic carbocycles. The molecule has 0 fully saturated rings. The van der Waals surface area contributed by atoms with Crippen molar-refractivity contribution in [3.8, 4) is 0 Å². The molecule has 0 atom stereocenters. The Morgan fingerprint density at radius 3 is 2.25 bits per heavy atom. The van der Waals surface area contributed by atoms with E-state index >= 15 is 0 Å². The zero-order valence-electron chi connectivity index (χ0n) is 4.55. The molecule has 0 radical (unpaired) electrons. The van der Waals surface area contributed by atoms with Gasteiger partial charge < -0.3 is 5.73 Å². The fourth-order valence-corrected chi connectivity index (χ4v) is 0.269. The monoisotopic (exact) mass is 113 g/mol. The minimum absolute atomic E-state index is 0.0301. The highest BCUT2D eigenvalue weighted by Gasteiger charge is 1.86. The standard InChI is InChI=1S/C5H7NO2/c1-4(8)2-5(6)3-7/h2-3H,6H2,1H3/b5-2-. The second-order valence-electron chi connectivity index (χ2n) is 1.37. The zero-order chi connectivity index (χ0) is 6.57. The van der Waals surface area contributed by atoms with Gasteiger partial charge in [-0.3, -0.25) is 9.59 Å². The van der Waals surface area contributed by atoms with Gasteiger partial charge in [-0.15, -0.1) is 0 Å². The van der Waals surface area contributed by atoms with Gasteiger partial charge in [0, 0.05) is 6.08 Å². The molecule has 0 unspecified atom stereocenters. The van der Waals surface area contributed by atoms with Crippen molar-refractivity contribution >= 4 is 12.1 Å². The molecule has 0 aliphatic heterocycles. The van der Waals surface area contributed by atoms with Crippen LogP contribution in [0.3, 0.4) is 0 Å². The molecule has 0 saturated heterocycles. The van der Waals surface area contributed by atoms with Crippen LogP contribution in [0.1, 0.15) is 6.92 Å². The number of ketones is 1. The maximum atomic E-state index is 10.1. The van der Waals surface area contributed by atoms with Crippen LogP contribution in [-0.2, 0) is 9.59 Å². The summed E-state index contributed by atoms with van der Waals surface area (Å²) in [6.07, 6.45) is 1.51. The Kier molecular flexibility index (Phi) is 2.54. The number of nitrogens with two attached hydrogens (primary N) is 1. The quantitative estimate of drug-likeness (QED) is 0.392.